The van der Waals surface area contributed by atoms with Gasteiger partial charge in [-0.25, -0.2) is 8.42 Å². The Labute approximate surface area is 104 Å². The summed E-state index contributed by atoms with van der Waals surface area (Å²) in [5, 5.41) is 2.79. The smallest absolute Gasteiger partial charge is 0.156 e. The molecule has 0 aromatic carbocycles. The van der Waals surface area contributed by atoms with E-state index >= 15 is 0 Å². The molecule has 0 spiro atoms. The maximum Gasteiger partial charge on any atom is 0.156 e. The average Bonchev–Trinajstić information content (AvgIpc) is 2.79. The normalized spacial score (nSPS) is 22.8. The molecule has 0 aromatic heterocycles. The molecule has 1 aliphatic rings. The number of ether oxygens (including phenoxy) is 2. The van der Waals surface area contributed by atoms with Gasteiger partial charge < -0.3 is 14.8 Å². The zero-order valence-electron chi connectivity index (χ0n) is 10.6. The molecule has 0 saturated carbocycles. The fraction of sp³-hybridized carbons (Fsp3) is 1.00. The third kappa shape index (κ3) is 5.33. The zero-order valence-corrected chi connectivity index (χ0v) is 11.5. The maximum atomic E-state index is 11.8. The lowest BCUT2D eigenvalue weighted by Crippen LogP contribution is -2.36. The molecule has 1 heterocycles. The van der Waals surface area contributed by atoms with E-state index in [4.69, 9.17) is 9.47 Å². The Bertz CT molecular complexity index is 299. The molecule has 17 heavy (non-hydrogen) atoms. The lowest BCUT2D eigenvalue weighted by molar-refractivity contribution is 0.110. The number of methoxy groups -OCH3 is 1. The van der Waals surface area contributed by atoms with E-state index in [2.05, 4.69) is 5.32 Å². The number of hydrogen-bond donors (Lipinski definition) is 1. The SMILES string of the molecule is COCCS(=O)(=O)C(C)CNCC1CCCO1. The van der Waals surface area contributed by atoms with Gasteiger partial charge in [-0.1, -0.05) is 0 Å². The molecule has 1 aliphatic heterocycles. The predicted molar refractivity (Wildman–Crippen MR) is 67.0 cm³/mol. The standard InChI is InChI=1S/C11H23NO4S/c1-10(17(13,14)7-6-15-2)8-12-9-11-4-3-5-16-11/h10-12H,3-9H2,1-2H3. The van der Waals surface area contributed by atoms with Gasteiger partial charge in [-0.05, 0) is 19.8 Å². The summed E-state index contributed by atoms with van der Waals surface area (Å²) < 4.78 is 33.8. The lowest BCUT2D eigenvalue weighted by atomic mass is 10.2. The van der Waals surface area contributed by atoms with Crippen LogP contribution in [0.3, 0.4) is 0 Å². The summed E-state index contributed by atoms with van der Waals surface area (Å²) in [6.45, 7) is 4.04. The first-order valence-electron chi connectivity index (χ1n) is 6.09. The summed E-state index contributed by atoms with van der Waals surface area (Å²) >= 11 is 0. The Hall–Kier alpha value is -0.170. The van der Waals surface area contributed by atoms with Gasteiger partial charge >= 0.3 is 0 Å². The first kappa shape index (κ1) is 14.9. The summed E-state index contributed by atoms with van der Waals surface area (Å²) in [5.41, 5.74) is 0. The highest BCUT2D eigenvalue weighted by atomic mass is 32.2. The number of nitrogens with one attached hydrogen (secondary N) is 1. The summed E-state index contributed by atoms with van der Waals surface area (Å²) in [6, 6.07) is 0. The second-order valence-corrected chi connectivity index (χ2v) is 7.00. The van der Waals surface area contributed by atoms with Crippen LogP contribution in [0.15, 0.2) is 0 Å². The van der Waals surface area contributed by atoms with Crippen molar-refractivity contribution in [1.29, 1.82) is 0 Å². The van der Waals surface area contributed by atoms with Crippen LogP contribution in [0.5, 0.6) is 0 Å². The molecular weight excluding hydrogens is 242 g/mol. The molecule has 102 valence electrons. The highest BCUT2D eigenvalue weighted by molar-refractivity contribution is 7.92. The highest BCUT2D eigenvalue weighted by Crippen LogP contribution is 2.10. The van der Waals surface area contributed by atoms with Gasteiger partial charge in [-0.15, -0.1) is 0 Å². The van der Waals surface area contributed by atoms with Crippen molar-refractivity contribution in [1.82, 2.24) is 5.32 Å². The van der Waals surface area contributed by atoms with Gasteiger partial charge in [-0.2, -0.15) is 0 Å². The van der Waals surface area contributed by atoms with E-state index in [-0.39, 0.29) is 23.7 Å². The Morgan fingerprint density at radius 1 is 1.53 bits per heavy atom. The van der Waals surface area contributed by atoms with Gasteiger partial charge in [0.15, 0.2) is 9.84 Å². The monoisotopic (exact) mass is 265 g/mol. The van der Waals surface area contributed by atoms with Crippen molar-refractivity contribution in [2.45, 2.75) is 31.1 Å². The molecule has 0 aliphatic carbocycles. The van der Waals surface area contributed by atoms with E-state index in [9.17, 15) is 8.42 Å². The molecule has 1 N–H and O–H groups in total. The predicted octanol–water partition coefficient (Wildman–Crippen LogP) is 0.205. The fourth-order valence-corrected chi connectivity index (χ4v) is 2.95. The second-order valence-electron chi connectivity index (χ2n) is 4.46. The summed E-state index contributed by atoms with van der Waals surface area (Å²) in [5.74, 6) is 0.0896. The van der Waals surface area contributed by atoms with Crippen LogP contribution in [0, 0.1) is 0 Å². The third-order valence-electron chi connectivity index (χ3n) is 3.01. The molecule has 0 aromatic rings. The van der Waals surface area contributed by atoms with E-state index in [1.165, 1.54) is 7.11 Å². The van der Waals surface area contributed by atoms with Crippen LogP contribution in [0.1, 0.15) is 19.8 Å². The van der Waals surface area contributed by atoms with Crippen LogP contribution in [0.4, 0.5) is 0 Å². The summed E-state index contributed by atoms with van der Waals surface area (Å²) in [6.07, 6.45) is 2.43. The molecule has 1 saturated heterocycles. The van der Waals surface area contributed by atoms with Crippen molar-refractivity contribution in [3.8, 4) is 0 Å². The summed E-state index contributed by atoms with van der Waals surface area (Å²) in [7, 11) is -1.54. The van der Waals surface area contributed by atoms with Crippen LogP contribution < -0.4 is 5.32 Å². The molecule has 0 radical (unpaired) electrons. The van der Waals surface area contributed by atoms with E-state index in [0.717, 1.165) is 26.0 Å². The van der Waals surface area contributed by atoms with Crippen LogP contribution in [-0.2, 0) is 19.3 Å². The van der Waals surface area contributed by atoms with Crippen molar-refractivity contribution in [2.24, 2.45) is 0 Å². The van der Waals surface area contributed by atoms with E-state index in [0.29, 0.717) is 6.54 Å². The van der Waals surface area contributed by atoms with Crippen molar-refractivity contribution < 1.29 is 17.9 Å². The Morgan fingerprint density at radius 3 is 2.88 bits per heavy atom. The number of rotatable bonds is 8. The highest BCUT2D eigenvalue weighted by Gasteiger charge is 2.21. The van der Waals surface area contributed by atoms with Crippen molar-refractivity contribution in [3.63, 3.8) is 0 Å². The molecule has 0 amide bonds. The summed E-state index contributed by atoms with van der Waals surface area (Å²) in [4.78, 5) is 0. The van der Waals surface area contributed by atoms with E-state index in [1.54, 1.807) is 6.92 Å². The van der Waals surface area contributed by atoms with Gasteiger partial charge in [0, 0.05) is 26.8 Å². The molecular formula is C11H23NO4S. The molecule has 0 bridgehead atoms. The molecule has 5 nitrogen and oxygen atoms in total. The molecule has 1 fully saturated rings. The Balaban J connectivity index is 2.20. The third-order valence-corrected chi connectivity index (χ3v) is 5.14. The maximum absolute atomic E-state index is 11.8. The molecule has 2 unspecified atom stereocenters. The molecule has 1 rings (SSSR count). The quantitative estimate of drug-likeness (QED) is 0.679. The lowest BCUT2D eigenvalue weighted by Gasteiger charge is -2.15. The minimum Gasteiger partial charge on any atom is -0.384 e. The topological polar surface area (TPSA) is 64.6 Å². The van der Waals surface area contributed by atoms with Crippen molar-refractivity contribution in [3.05, 3.63) is 0 Å². The van der Waals surface area contributed by atoms with Gasteiger partial charge in [0.1, 0.15) is 0 Å². The Morgan fingerprint density at radius 2 is 2.29 bits per heavy atom. The van der Waals surface area contributed by atoms with Crippen molar-refractivity contribution in [2.75, 3.05) is 39.2 Å². The average molecular weight is 265 g/mol. The molecule has 2 atom stereocenters. The largest absolute Gasteiger partial charge is 0.384 e. The second kappa shape index (κ2) is 7.31. The fourth-order valence-electron chi connectivity index (χ4n) is 1.78. The minimum absolute atomic E-state index is 0.0896. The van der Waals surface area contributed by atoms with E-state index < -0.39 is 9.84 Å². The molecule has 6 heteroatoms. The first-order chi connectivity index (χ1) is 8.06. The van der Waals surface area contributed by atoms with Gasteiger partial charge in [0.2, 0.25) is 0 Å². The van der Waals surface area contributed by atoms with E-state index in [1.807, 2.05) is 0 Å². The van der Waals surface area contributed by atoms with Crippen molar-refractivity contribution >= 4 is 9.84 Å². The van der Waals surface area contributed by atoms with Gasteiger partial charge in [0.05, 0.1) is 23.7 Å². The minimum atomic E-state index is -3.05. The zero-order chi connectivity index (χ0) is 12.7. The number of hydrogen-bond acceptors (Lipinski definition) is 5. The number of sulfone groups is 1. The Kier molecular flexibility index (Phi) is 6.40. The van der Waals surface area contributed by atoms with Crippen LogP contribution in [0.2, 0.25) is 0 Å². The van der Waals surface area contributed by atoms with Gasteiger partial charge in [-0.3, -0.25) is 0 Å². The van der Waals surface area contributed by atoms with Crippen LogP contribution in [0.25, 0.3) is 0 Å². The first-order valence-corrected chi connectivity index (χ1v) is 7.80. The van der Waals surface area contributed by atoms with Gasteiger partial charge in [0.25, 0.3) is 0 Å². The van der Waals surface area contributed by atoms with Crippen LogP contribution in [-0.4, -0.2) is 58.9 Å². The van der Waals surface area contributed by atoms with Crippen LogP contribution >= 0.6 is 0 Å².